The Hall–Kier alpha value is -3.22. The summed E-state index contributed by atoms with van der Waals surface area (Å²) in [5.74, 6) is -1.36. The molecule has 1 heterocycles. The SMILES string of the molecule is COc1cccc([C@@H]2CN(C(=O)c3ccc(O)cc3)C[C@H]2C(=O)O)c1OC. The average molecular weight is 371 g/mol. The summed E-state index contributed by atoms with van der Waals surface area (Å²) < 4.78 is 10.8. The minimum atomic E-state index is -0.967. The summed E-state index contributed by atoms with van der Waals surface area (Å²) in [5, 5.41) is 19.1. The molecular formula is C20H21NO6. The molecular weight excluding hydrogens is 350 g/mol. The Morgan fingerprint density at radius 2 is 1.74 bits per heavy atom. The van der Waals surface area contributed by atoms with E-state index in [2.05, 4.69) is 0 Å². The van der Waals surface area contributed by atoms with Crippen LogP contribution in [-0.4, -0.2) is 54.3 Å². The van der Waals surface area contributed by atoms with Gasteiger partial charge in [0, 0.05) is 30.1 Å². The molecule has 1 amide bonds. The lowest BCUT2D eigenvalue weighted by Crippen LogP contribution is -2.29. The van der Waals surface area contributed by atoms with Crippen LogP contribution in [0.1, 0.15) is 21.8 Å². The Labute approximate surface area is 156 Å². The van der Waals surface area contributed by atoms with Crippen LogP contribution in [0.5, 0.6) is 17.2 Å². The van der Waals surface area contributed by atoms with E-state index in [0.29, 0.717) is 22.6 Å². The summed E-state index contributed by atoms with van der Waals surface area (Å²) in [6.45, 7) is 0.347. The largest absolute Gasteiger partial charge is 0.508 e. The maximum absolute atomic E-state index is 12.8. The summed E-state index contributed by atoms with van der Waals surface area (Å²) >= 11 is 0. The summed E-state index contributed by atoms with van der Waals surface area (Å²) in [6.07, 6.45) is 0. The van der Waals surface area contributed by atoms with Gasteiger partial charge in [-0.05, 0) is 30.3 Å². The number of aliphatic carboxylic acids is 1. The maximum Gasteiger partial charge on any atom is 0.308 e. The van der Waals surface area contributed by atoms with Gasteiger partial charge in [0.2, 0.25) is 0 Å². The topological polar surface area (TPSA) is 96.3 Å². The number of para-hydroxylation sites is 1. The number of hydrogen-bond acceptors (Lipinski definition) is 5. The highest BCUT2D eigenvalue weighted by atomic mass is 16.5. The second-order valence-electron chi connectivity index (χ2n) is 6.39. The lowest BCUT2D eigenvalue weighted by molar-refractivity contribution is -0.141. The molecule has 3 rings (SSSR count). The van der Waals surface area contributed by atoms with Crippen molar-refractivity contribution in [3.05, 3.63) is 53.6 Å². The van der Waals surface area contributed by atoms with Gasteiger partial charge in [0.25, 0.3) is 5.91 Å². The zero-order valence-corrected chi connectivity index (χ0v) is 15.1. The van der Waals surface area contributed by atoms with Crippen molar-refractivity contribution >= 4 is 11.9 Å². The molecule has 1 saturated heterocycles. The molecule has 0 saturated carbocycles. The summed E-state index contributed by atoms with van der Waals surface area (Å²) in [7, 11) is 3.02. The van der Waals surface area contributed by atoms with E-state index in [1.165, 1.54) is 43.4 Å². The molecule has 1 aliphatic heterocycles. The number of rotatable bonds is 5. The third kappa shape index (κ3) is 3.53. The highest BCUT2D eigenvalue weighted by Gasteiger charge is 2.42. The maximum atomic E-state index is 12.8. The average Bonchev–Trinajstić information content (AvgIpc) is 3.12. The predicted octanol–water partition coefficient (Wildman–Crippen LogP) is 2.35. The van der Waals surface area contributed by atoms with Gasteiger partial charge in [-0.2, -0.15) is 0 Å². The Morgan fingerprint density at radius 3 is 2.33 bits per heavy atom. The number of benzene rings is 2. The van der Waals surface area contributed by atoms with Crippen LogP contribution in [0.3, 0.4) is 0 Å². The Morgan fingerprint density at radius 1 is 1.04 bits per heavy atom. The van der Waals surface area contributed by atoms with Gasteiger partial charge < -0.3 is 24.6 Å². The molecule has 0 aromatic heterocycles. The predicted molar refractivity (Wildman–Crippen MR) is 97.4 cm³/mol. The highest BCUT2D eigenvalue weighted by Crippen LogP contribution is 2.42. The van der Waals surface area contributed by atoms with Crippen LogP contribution in [-0.2, 0) is 4.79 Å². The molecule has 27 heavy (non-hydrogen) atoms. The van der Waals surface area contributed by atoms with Gasteiger partial charge in [0.15, 0.2) is 11.5 Å². The highest BCUT2D eigenvalue weighted by molar-refractivity contribution is 5.95. The van der Waals surface area contributed by atoms with E-state index in [-0.39, 0.29) is 24.7 Å². The number of amides is 1. The first kappa shape index (κ1) is 18.6. The molecule has 2 aromatic carbocycles. The number of carbonyl (C=O) groups is 2. The molecule has 142 valence electrons. The third-order valence-corrected chi connectivity index (χ3v) is 4.87. The van der Waals surface area contributed by atoms with Gasteiger partial charge in [-0.1, -0.05) is 12.1 Å². The van der Waals surface area contributed by atoms with Crippen molar-refractivity contribution in [3.63, 3.8) is 0 Å². The second kappa shape index (κ2) is 7.57. The van der Waals surface area contributed by atoms with Crippen LogP contribution in [0.2, 0.25) is 0 Å². The standard InChI is InChI=1S/C20H21NO6/c1-26-17-5-3-4-14(18(17)27-2)15-10-21(11-16(15)20(24)25)19(23)12-6-8-13(22)9-7-12/h3-9,15-16,22H,10-11H2,1-2H3,(H,24,25)/t15-,16+/m0/s1. The van der Waals surface area contributed by atoms with E-state index in [9.17, 15) is 19.8 Å². The van der Waals surface area contributed by atoms with Crippen LogP contribution >= 0.6 is 0 Å². The van der Waals surface area contributed by atoms with E-state index >= 15 is 0 Å². The smallest absolute Gasteiger partial charge is 0.308 e. The fraction of sp³-hybridized carbons (Fsp3) is 0.300. The monoisotopic (exact) mass is 371 g/mol. The van der Waals surface area contributed by atoms with Crippen molar-refractivity contribution in [2.24, 2.45) is 5.92 Å². The number of carboxylic acid groups (broad SMARTS) is 1. The number of ether oxygens (including phenoxy) is 2. The second-order valence-corrected chi connectivity index (χ2v) is 6.39. The molecule has 0 spiro atoms. The van der Waals surface area contributed by atoms with Crippen LogP contribution in [0.4, 0.5) is 0 Å². The number of phenols is 1. The molecule has 1 fully saturated rings. The summed E-state index contributed by atoms with van der Waals surface area (Å²) in [5.41, 5.74) is 1.10. The van der Waals surface area contributed by atoms with E-state index < -0.39 is 17.8 Å². The number of methoxy groups -OCH3 is 2. The third-order valence-electron chi connectivity index (χ3n) is 4.87. The number of nitrogens with zero attached hydrogens (tertiary/aromatic N) is 1. The molecule has 7 nitrogen and oxygen atoms in total. The molecule has 2 aromatic rings. The van der Waals surface area contributed by atoms with Gasteiger partial charge >= 0.3 is 5.97 Å². The molecule has 0 radical (unpaired) electrons. The minimum Gasteiger partial charge on any atom is -0.508 e. The normalized spacial score (nSPS) is 19.0. The van der Waals surface area contributed by atoms with Crippen molar-refractivity contribution < 1.29 is 29.3 Å². The first-order valence-electron chi connectivity index (χ1n) is 8.48. The molecule has 7 heteroatoms. The van der Waals surface area contributed by atoms with Crippen molar-refractivity contribution in [2.45, 2.75) is 5.92 Å². The first-order chi connectivity index (χ1) is 13.0. The lowest BCUT2D eigenvalue weighted by atomic mass is 9.88. The number of phenolic OH excluding ortho intramolecular Hbond substituents is 1. The van der Waals surface area contributed by atoms with Crippen LogP contribution in [0, 0.1) is 5.92 Å². The van der Waals surface area contributed by atoms with Gasteiger partial charge in [0.05, 0.1) is 20.1 Å². The Bertz CT molecular complexity index is 848. The molecule has 0 aliphatic carbocycles. The Kier molecular flexibility index (Phi) is 5.21. The van der Waals surface area contributed by atoms with E-state index in [1.807, 2.05) is 0 Å². The number of hydrogen-bond donors (Lipinski definition) is 2. The number of aromatic hydroxyl groups is 1. The van der Waals surface area contributed by atoms with Crippen LogP contribution < -0.4 is 9.47 Å². The molecule has 0 bridgehead atoms. The lowest BCUT2D eigenvalue weighted by Gasteiger charge is -2.20. The van der Waals surface area contributed by atoms with Gasteiger partial charge in [-0.25, -0.2) is 0 Å². The fourth-order valence-electron chi connectivity index (χ4n) is 3.53. The van der Waals surface area contributed by atoms with Crippen molar-refractivity contribution in [2.75, 3.05) is 27.3 Å². The van der Waals surface area contributed by atoms with E-state index in [1.54, 1.807) is 18.2 Å². The first-order valence-corrected chi connectivity index (χ1v) is 8.48. The quantitative estimate of drug-likeness (QED) is 0.838. The molecule has 2 N–H and O–H groups in total. The number of carboxylic acids is 1. The van der Waals surface area contributed by atoms with Gasteiger partial charge in [0.1, 0.15) is 5.75 Å². The number of likely N-dealkylation sites (tertiary alicyclic amines) is 1. The van der Waals surface area contributed by atoms with Crippen LogP contribution in [0.15, 0.2) is 42.5 Å². The zero-order chi connectivity index (χ0) is 19.6. The fourth-order valence-corrected chi connectivity index (χ4v) is 3.53. The minimum absolute atomic E-state index is 0.0652. The molecule has 1 aliphatic rings. The van der Waals surface area contributed by atoms with Crippen molar-refractivity contribution in [3.8, 4) is 17.2 Å². The van der Waals surface area contributed by atoms with Crippen molar-refractivity contribution in [1.29, 1.82) is 0 Å². The number of carbonyl (C=O) groups excluding carboxylic acids is 1. The van der Waals surface area contributed by atoms with Crippen molar-refractivity contribution in [1.82, 2.24) is 4.90 Å². The van der Waals surface area contributed by atoms with Crippen LogP contribution in [0.25, 0.3) is 0 Å². The van der Waals surface area contributed by atoms with E-state index in [0.717, 1.165) is 0 Å². The van der Waals surface area contributed by atoms with E-state index in [4.69, 9.17) is 9.47 Å². The van der Waals surface area contributed by atoms with Gasteiger partial charge in [-0.3, -0.25) is 9.59 Å². The zero-order valence-electron chi connectivity index (χ0n) is 15.1. The summed E-state index contributed by atoms with van der Waals surface area (Å²) in [6, 6.07) is 11.2. The molecule has 0 unspecified atom stereocenters. The molecule has 2 atom stereocenters. The summed E-state index contributed by atoms with van der Waals surface area (Å²) in [4.78, 5) is 26.1. The Balaban J connectivity index is 1.93. The van der Waals surface area contributed by atoms with Gasteiger partial charge in [-0.15, -0.1) is 0 Å².